The lowest BCUT2D eigenvalue weighted by molar-refractivity contribution is 0.122. The molecule has 0 radical (unpaired) electrons. The smallest absolute Gasteiger partial charge is 0.125 e. The van der Waals surface area contributed by atoms with Crippen molar-refractivity contribution in [3.05, 3.63) is 28.8 Å². The van der Waals surface area contributed by atoms with Gasteiger partial charge in [-0.15, -0.1) is 0 Å². The number of aliphatic hydroxyl groups excluding tert-OH is 1. The van der Waals surface area contributed by atoms with Gasteiger partial charge in [-0.2, -0.15) is 0 Å². The van der Waals surface area contributed by atoms with Gasteiger partial charge in [0.25, 0.3) is 0 Å². The summed E-state index contributed by atoms with van der Waals surface area (Å²) < 4.78 is 5.54. The van der Waals surface area contributed by atoms with E-state index in [1.807, 2.05) is 18.2 Å². The van der Waals surface area contributed by atoms with Gasteiger partial charge >= 0.3 is 0 Å². The maximum atomic E-state index is 9.22. The minimum atomic E-state index is -0.486. The summed E-state index contributed by atoms with van der Waals surface area (Å²) in [6, 6.07) is 5.94. The Labute approximate surface area is 108 Å². The summed E-state index contributed by atoms with van der Waals surface area (Å²) in [5.74, 6) is 0.728. The largest absolute Gasteiger partial charge is 0.491 e. The highest BCUT2D eigenvalue weighted by atomic mass is 35.5. The Hall–Kier alpha value is -0.770. The Balaban J connectivity index is 2.76. The predicted octanol–water partition coefficient (Wildman–Crippen LogP) is 2.60. The molecule has 2 N–H and O–H groups in total. The normalized spacial score (nSPS) is 12.8. The van der Waals surface area contributed by atoms with Gasteiger partial charge in [-0.1, -0.05) is 31.5 Å². The average molecular weight is 258 g/mol. The number of hydrogen-bond acceptors (Lipinski definition) is 3. The SMILES string of the molecule is CC(O)COc1cccc(Cl)c1CNC(C)C. The van der Waals surface area contributed by atoms with E-state index in [9.17, 15) is 5.11 Å². The van der Waals surface area contributed by atoms with Crippen LogP contribution in [0.2, 0.25) is 5.02 Å². The Morgan fingerprint density at radius 3 is 2.65 bits per heavy atom. The second-order valence-electron chi connectivity index (χ2n) is 4.41. The maximum Gasteiger partial charge on any atom is 0.125 e. The number of benzene rings is 1. The lowest BCUT2D eigenvalue weighted by Crippen LogP contribution is -2.23. The molecule has 0 heterocycles. The van der Waals surface area contributed by atoms with Crippen LogP contribution in [0.4, 0.5) is 0 Å². The van der Waals surface area contributed by atoms with E-state index in [0.717, 1.165) is 11.3 Å². The lowest BCUT2D eigenvalue weighted by Gasteiger charge is -2.15. The molecule has 0 aliphatic carbocycles. The van der Waals surface area contributed by atoms with E-state index in [-0.39, 0.29) is 6.61 Å². The molecule has 0 spiro atoms. The number of halogens is 1. The molecule has 0 saturated heterocycles. The first kappa shape index (κ1) is 14.3. The van der Waals surface area contributed by atoms with Crippen LogP contribution >= 0.6 is 11.6 Å². The molecule has 0 aliphatic rings. The first-order chi connectivity index (χ1) is 8.00. The summed E-state index contributed by atoms with van der Waals surface area (Å²) in [7, 11) is 0. The molecular weight excluding hydrogens is 238 g/mol. The summed E-state index contributed by atoms with van der Waals surface area (Å²) in [4.78, 5) is 0. The highest BCUT2D eigenvalue weighted by Crippen LogP contribution is 2.26. The number of nitrogens with one attached hydrogen (secondary N) is 1. The van der Waals surface area contributed by atoms with Crippen LogP contribution < -0.4 is 10.1 Å². The lowest BCUT2D eigenvalue weighted by atomic mass is 10.2. The van der Waals surface area contributed by atoms with Crippen molar-refractivity contribution in [1.82, 2.24) is 5.32 Å². The Morgan fingerprint density at radius 2 is 2.06 bits per heavy atom. The predicted molar refractivity (Wildman–Crippen MR) is 70.6 cm³/mol. The van der Waals surface area contributed by atoms with Gasteiger partial charge in [-0.25, -0.2) is 0 Å². The summed E-state index contributed by atoms with van der Waals surface area (Å²) in [6.45, 7) is 6.78. The zero-order valence-electron chi connectivity index (χ0n) is 10.5. The Bertz CT molecular complexity index is 353. The molecule has 1 rings (SSSR count). The number of hydrogen-bond donors (Lipinski definition) is 2. The van der Waals surface area contributed by atoms with E-state index in [1.54, 1.807) is 6.92 Å². The topological polar surface area (TPSA) is 41.5 Å². The van der Waals surface area contributed by atoms with Crippen molar-refractivity contribution in [3.63, 3.8) is 0 Å². The van der Waals surface area contributed by atoms with Gasteiger partial charge in [-0.05, 0) is 19.1 Å². The van der Waals surface area contributed by atoms with Gasteiger partial charge in [-0.3, -0.25) is 0 Å². The zero-order chi connectivity index (χ0) is 12.8. The third kappa shape index (κ3) is 4.94. The fourth-order valence-corrected chi connectivity index (χ4v) is 1.59. The summed E-state index contributed by atoms with van der Waals surface area (Å²) in [5, 5.41) is 13.2. The molecule has 1 aromatic carbocycles. The van der Waals surface area contributed by atoms with E-state index >= 15 is 0 Å². The van der Waals surface area contributed by atoms with E-state index in [4.69, 9.17) is 16.3 Å². The second-order valence-corrected chi connectivity index (χ2v) is 4.82. The average Bonchev–Trinajstić information content (AvgIpc) is 2.24. The monoisotopic (exact) mass is 257 g/mol. The first-order valence-corrected chi connectivity index (χ1v) is 6.20. The van der Waals surface area contributed by atoms with Crippen molar-refractivity contribution >= 4 is 11.6 Å². The molecule has 0 aromatic heterocycles. The Kier molecular flexibility index (Phi) is 5.75. The first-order valence-electron chi connectivity index (χ1n) is 5.82. The molecule has 1 unspecified atom stereocenters. The van der Waals surface area contributed by atoms with Gasteiger partial charge in [0.2, 0.25) is 0 Å². The summed E-state index contributed by atoms with van der Waals surface area (Å²) in [5.41, 5.74) is 0.934. The van der Waals surface area contributed by atoms with Gasteiger partial charge < -0.3 is 15.2 Å². The molecule has 1 aromatic rings. The molecule has 4 heteroatoms. The van der Waals surface area contributed by atoms with Gasteiger partial charge in [0.15, 0.2) is 0 Å². The number of rotatable bonds is 6. The van der Waals surface area contributed by atoms with Gasteiger partial charge in [0.1, 0.15) is 12.4 Å². The molecule has 3 nitrogen and oxygen atoms in total. The van der Waals surface area contributed by atoms with E-state index in [2.05, 4.69) is 19.2 Å². The molecule has 96 valence electrons. The zero-order valence-corrected chi connectivity index (χ0v) is 11.3. The molecule has 17 heavy (non-hydrogen) atoms. The van der Waals surface area contributed by atoms with Crippen molar-refractivity contribution in [2.24, 2.45) is 0 Å². The van der Waals surface area contributed by atoms with Crippen LogP contribution in [0.1, 0.15) is 26.3 Å². The molecule has 0 saturated carbocycles. The van der Waals surface area contributed by atoms with E-state index < -0.39 is 6.10 Å². The summed E-state index contributed by atoms with van der Waals surface area (Å²) in [6.07, 6.45) is -0.486. The van der Waals surface area contributed by atoms with E-state index in [0.29, 0.717) is 17.6 Å². The minimum absolute atomic E-state index is 0.273. The van der Waals surface area contributed by atoms with Crippen molar-refractivity contribution in [2.75, 3.05) is 6.61 Å². The number of ether oxygens (including phenoxy) is 1. The highest BCUT2D eigenvalue weighted by Gasteiger charge is 2.09. The molecule has 0 amide bonds. The third-order valence-corrected chi connectivity index (χ3v) is 2.60. The fraction of sp³-hybridized carbons (Fsp3) is 0.538. The van der Waals surface area contributed by atoms with Crippen LogP contribution in [0.3, 0.4) is 0 Å². The third-order valence-electron chi connectivity index (χ3n) is 2.24. The van der Waals surface area contributed by atoms with Crippen LogP contribution in [-0.2, 0) is 6.54 Å². The maximum absolute atomic E-state index is 9.22. The molecule has 0 bridgehead atoms. The molecular formula is C13H20ClNO2. The molecule has 0 aliphatic heterocycles. The van der Waals surface area contributed by atoms with Gasteiger partial charge in [0, 0.05) is 23.2 Å². The van der Waals surface area contributed by atoms with Crippen molar-refractivity contribution in [1.29, 1.82) is 0 Å². The van der Waals surface area contributed by atoms with Crippen molar-refractivity contribution < 1.29 is 9.84 Å². The van der Waals surface area contributed by atoms with Crippen molar-refractivity contribution in [3.8, 4) is 5.75 Å². The van der Waals surface area contributed by atoms with Gasteiger partial charge in [0.05, 0.1) is 6.10 Å². The molecule has 1 atom stereocenters. The van der Waals surface area contributed by atoms with Crippen LogP contribution in [0.25, 0.3) is 0 Å². The standard InChI is InChI=1S/C13H20ClNO2/c1-9(2)15-7-11-12(14)5-4-6-13(11)17-8-10(3)16/h4-6,9-10,15-16H,7-8H2,1-3H3. The highest BCUT2D eigenvalue weighted by molar-refractivity contribution is 6.31. The minimum Gasteiger partial charge on any atom is -0.491 e. The van der Waals surface area contributed by atoms with E-state index in [1.165, 1.54) is 0 Å². The van der Waals surface area contributed by atoms with Crippen LogP contribution in [0.15, 0.2) is 18.2 Å². The van der Waals surface area contributed by atoms with Crippen LogP contribution in [-0.4, -0.2) is 23.9 Å². The second kappa shape index (κ2) is 6.84. The quantitative estimate of drug-likeness (QED) is 0.823. The van der Waals surface area contributed by atoms with Crippen molar-refractivity contribution in [2.45, 2.75) is 39.5 Å². The number of aliphatic hydroxyl groups is 1. The van der Waals surface area contributed by atoms with Crippen LogP contribution in [0, 0.1) is 0 Å². The fourth-order valence-electron chi connectivity index (χ4n) is 1.36. The Morgan fingerprint density at radius 1 is 1.35 bits per heavy atom. The molecule has 0 fully saturated rings. The summed E-state index contributed by atoms with van der Waals surface area (Å²) >= 11 is 6.15. The van der Waals surface area contributed by atoms with Crippen LogP contribution in [0.5, 0.6) is 5.75 Å².